The van der Waals surface area contributed by atoms with E-state index in [-0.39, 0.29) is 11.6 Å². The van der Waals surface area contributed by atoms with E-state index in [9.17, 15) is 9.59 Å². The average molecular weight is 346 g/mol. The Kier molecular flexibility index (Phi) is 3.39. The van der Waals surface area contributed by atoms with Gasteiger partial charge >= 0.3 is 5.69 Å². The predicted molar refractivity (Wildman–Crippen MR) is 85.8 cm³/mol. The number of rotatable bonds is 2. The molecule has 3 aromatic rings. The number of H-pyrrole nitrogens is 2. The third kappa shape index (κ3) is 2.75. The lowest BCUT2D eigenvalue weighted by atomic mass is 10.1. The molecule has 0 aliphatic rings. The van der Waals surface area contributed by atoms with E-state index in [0.717, 1.165) is 10.0 Å². The highest BCUT2D eigenvalue weighted by molar-refractivity contribution is 9.10. The first-order chi connectivity index (χ1) is 10.0. The van der Waals surface area contributed by atoms with Crippen LogP contribution < -0.4 is 11.0 Å². The summed E-state index contributed by atoms with van der Waals surface area (Å²) in [5.74, 6) is -0.201. The number of amides is 1. The Bertz CT molecular complexity index is 895. The van der Waals surface area contributed by atoms with Crippen molar-refractivity contribution in [3.63, 3.8) is 0 Å². The first kappa shape index (κ1) is 13.6. The molecule has 1 heterocycles. The van der Waals surface area contributed by atoms with E-state index in [1.165, 1.54) is 0 Å². The number of anilines is 1. The maximum Gasteiger partial charge on any atom is 0.323 e. The zero-order chi connectivity index (χ0) is 15.0. The normalized spacial score (nSPS) is 10.8. The van der Waals surface area contributed by atoms with Crippen LogP contribution in [0.1, 0.15) is 15.9 Å². The van der Waals surface area contributed by atoms with E-state index in [1.54, 1.807) is 30.3 Å². The maximum absolute atomic E-state index is 12.2. The Hall–Kier alpha value is -2.34. The number of hydrogen-bond donors (Lipinski definition) is 3. The third-order valence-electron chi connectivity index (χ3n) is 3.21. The number of benzene rings is 2. The van der Waals surface area contributed by atoms with Gasteiger partial charge in [-0.25, -0.2) is 4.79 Å². The van der Waals surface area contributed by atoms with Crippen LogP contribution >= 0.6 is 15.9 Å². The summed E-state index contributed by atoms with van der Waals surface area (Å²) in [6, 6.07) is 10.6. The SMILES string of the molecule is Cc1ccc(C(=O)Nc2ccc3[nH]c(=O)[nH]c3c2)cc1Br. The van der Waals surface area contributed by atoms with Crippen molar-refractivity contribution < 1.29 is 4.79 Å². The minimum Gasteiger partial charge on any atom is -0.322 e. The van der Waals surface area contributed by atoms with Gasteiger partial charge in [0.2, 0.25) is 0 Å². The van der Waals surface area contributed by atoms with Gasteiger partial charge in [-0.05, 0) is 42.8 Å². The molecule has 2 aromatic carbocycles. The van der Waals surface area contributed by atoms with E-state index < -0.39 is 0 Å². The fourth-order valence-electron chi connectivity index (χ4n) is 2.05. The molecule has 21 heavy (non-hydrogen) atoms. The maximum atomic E-state index is 12.2. The van der Waals surface area contributed by atoms with Gasteiger partial charge in [0.1, 0.15) is 0 Å². The molecule has 106 valence electrons. The fraction of sp³-hybridized carbons (Fsp3) is 0.0667. The highest BCUT2D eigenvalue weighted by atomic mass is 79.9. The minimum absolute atomic E-state index is 0.201. The Balaban J connectivity index is 1.88. The van der Waals surface area contributed by atoms with E-state index in [0.29, 0.717) is 22.3 Å². The summed E-state index contributed by atoms with van der Waals surface area (Å²) in [6.45, 7) is 1.96. The summed E-state index contributed by atoms with van der Waals surface area (Å²) in [5, 5.41) is 2.81. The molecule has 0 radical (unpaired) electrons. The third-order valence-corrected chi connectivity index (χ3v) is 4.06. The quantitative estimate of drug-likeness (QED) is 0.666. The molecular weight excluding hydrogens is 334 g/mol. The van der Waals surface area contributed by atoms with E-state index in [2.05, 4.69) is 31.2 Å². The van der Waals surface area contributed by atoms with Crippen LogP contribution in [0.3, 0.4) is 0 Å². The summed E-state index contributed by atoms with van der Waals surface area (Å²) < 4.78 is 0.889. The van der Waals surface area contributed by atoms with Crippen molar-refractivity contribution in [1.82, 2.24) is 9.97 Å². The second kappa shape index (κ2) is 5.21. The van der Waals surface area contributed by atoms with Crippen LogP contribution in [0.25, 0.3) is 11.0 Å². The monoisotopic (exact) mass is 345 g/mol. The second-order valence-electron chi connectivity index (χ2n) is 4.76. The molecule has 0 aliphatic carbocycles. The van der Waals surface area contributed by atoms with Crippen LogP contribution in [0.2, 0.25) is 0 Å². The Morgan fingerprint density at radius 1 is 1.10 bits per heavy atom. The highest BCUT2D eigenvalue weighted by Crippen LogP contribution is 2.19. The number of carbonyl (C=O) groups is 1. The van der Waals surface area contributed by atoms with Gasteiger partial charge in [-0.2, -0.15) is 0 Å². The van der Waals surface area contributed by atoms with Crippen molar-refractivity contribution >= 4 is 38.6 Å². The number of carbonyl (C=O) groups excluding carboxylic acids is 1. The molecule has 3 rings (SSSR count). The van der Waals surface area contributed by atoms with E-state index in [1.807, 2.05) is 13.0 Å². The number of imidazole rings is 1. The zero-order valence-electron chi connectivity index (χ0n) is 11.2. The van der Waals surface area contributed by atoms with Crippen molar-refractivity contribution in [2.45, 2.75) is 6.92 Å². The molecule has 3 N–H and O–H groups in total. The van der Waals surface area contributed by atoms with Crippen molar-refractivity contribution in [3.8, 4) is 0 Å². The first-order valence-electron chi connectivity index (χ1n) is 6.32. The summed E-state index contributed by atoms with van der Waals surface area (Å²) in [5.41, 5.74) is 3.35. The smallest absolute Gasteiger partial charge is 0.322 e. The van der Waals surface area contributed by atoms with Crippen molar-refractivity contribution in [2.24, 2.45) is 0 Å². The van der Waals surface area contributed by atoms with Crippen LogP contribution in [0.15, 0.2) is 45.7 Å². The lowest BCUT2D eigenvalue weighted by Crippen LogP contribution is -2.11. The summed E-state index contributed by atoms with van der Waals surface area (Å²) in [6.07, 6.45) is 0. The molecule has 0 saturated heterocycles. The molecular formula is C15H12BrN3O2. The molecule has 0 bridgehead atoms. The lowest BCUT2D eigenvalue weighted by molar-refractivity contribution is 0.102. The van der Waals surface area contributed by atoms with Crippen LogP contribution in [0.4, 0.5) is 5.69 Å². The Morgan fingerprint density at radius 2 is 1.86 bits per heavy atom. The van der Waals surface area contributed by atoms with E-state index in [4.69, 9.17) is 0 Å². The lowest BCUT2D eigenvalue weighted by Gasteiger charge is -2.06. The van der Waals surface area contributed by atoms with Gasteiger partial charge in [-0.15, -0.1) is 0 Å². The molecule has 0 saturated carbocycles. The van der Waals surface area contributed by atoms with Gasteiger partial charge in [-0.1, -0.05) is 22.0 Å². The van der Waals surface area contributed by atoms with Gasteiger partial charge in [-0.3, -0.25) is 4.79 Å². The number of aromatic amines is 2. The average Bonchev–Trinajstić information content (AvgIpc) is 2.81. The van der Waals surface area contributed by atoms with Gasteiger partial charge in [0, 0.05) is 15.7 Å². The second-order valence-corrected chi connectivity index (χ2v) is 5.61. The van der Waals surface area contributed by atoms with Gasteiger partial charge in [0.25, 0.3) is 5.91 Å². The number of aryl methyl sites for hydroxylation is 1. The minimum atomic E-state index is -0.268. The fourth-order valence-corrected chi connectivity index (χ4v) is 2.43. The summed E-state index contributed by atoms with van der Waals surface area (Å²) in [4.78, 5) is 28.7. The largest absolute Gasteiger partial charge is 0.323 e. The van der Waals surface area contributed by atoms with Crippen molar-refractivity contribution in [3.05, 3.63) is 62.5 Å². The molecule has 0 fully saturated rings. The van der Waals surface area contributed by atoms with Crippen LogP contribution in [0, 0.1) is 6.92 Å². The molecule has 6 heteroatoms. The predicted octanol–water partition coefficient (Wildman–Crippen LogP) is 3.18. The Morgan fingerprint density at radius 3 is 2.62 bits per heavy atom. The van der Waals surface area contributed by atoms with E-state index >= 15 is 0 Å². The highest BCUT2D eigenvalue weighted by Gasteiger charge is 2.08. The molecule has 1 aromatic heterocycles. The van der Waals surface area contributed by atoms with Crippen LogP contribution in [-0.4, -0.2) is 15.9 Å². The summed E-state index contributed by atoms with van der Waals surface area (Å²) in [7, 11) is 0. The standard InChI is InChI=1S/C15H12BrN3O2/c1-8-2-3-9(6-11(8)16)14(20)17-10-4-5-12-13(7-10)19-15(21)18-12/h2-7H,1H3,(H,17,20)(H2,18,19,21). The molecule has 0 aliphatic heterocycles. The zero-order valence-corrected chi connectivity index (χ0v) is 12.7. The number of fused-ring (bicyclic) bond motifs is 1. The number of hydrogen-bond acceptors (Lipinski definition) is 2. The molecule has 0 atom stereocenters. The molecule has 0 spiro atoms. The van der Waals surface area contributed by atoms with Crippen LogP contribution in [-0.2, 0) is 0 Å². The van der Waals surface area contributed by atoms with Crippen LogP contribution in [0.5, 0.6) is 0 Å². The summed E-state index contributed by atoms with van der Waals surface area (Å²) >= 11 is 3.41. The van der Waals surface area contributed by atoms with Gasteiger partial charge in [0.15, 0.2) is 0 Å². The molecule has 0 unspecified atom stereocenters. The number of nitrogens with one attached hydrogen (secondary N) is 3. The number of halogens is 1. The van der Waals surface area contributed by atoms with Crippen molar-refractivity contribution in [1.29, 1.82) is 0 Å². The Labute approximate surface area is 128 Å². The first-order valence-corrected chi connectivity index (χ1v) is 7.12. The van der Waals surface area contributed by atoms with Crippen molar-refractivity contribution in [2.75, 3.05) is 5.32 Å². The molecule has 5 nitrogen and oxygen atoms in total. The van der Waals surface area contributed by atoms with Gasteiger partial charge in [0.05, 0.1) is 11.0 Å². The topological polar surface area (TPSA) is 77.8 Å². The molecule has 1 amide bonds. The number of aromatic nitrogens is 2. The van der Waals surface area contributed by atoms with Gasteiger partial charge < -0.3 is 15.3 Å².